The molecule has 0 unspecified atom stereocenters. The van der Waals surface area contributed by atoms with Crippen LogP contribution in [0.3, 0.4) is 0 Å². The summed E-state index contributed by atoms with van der Waals surface area (Å²) in [7, 11) is -3.88. The number of anilines is 1. The van der Waals surface area contributed by atoms with E-state index in [1.54, 1.807) is 18.3 Å². The van der Waals surface area contributed by atoms with Gasteiger partial charge in [-0.05, 0) is 24.3 Å². The minimum atomic E-state index is -3.88. The molecule has 0 aliphatic heterocycles. The van der Waals surface area contributed by atoms with Gasteiger partial charge in [-0.3, -0.25) is 14.9 Å². The third-order valence-corrected chi connectivity index (χ3v) is 7.43. The van der Waals surface area contributed by atoms with Crippen molar-refractivity contribution in [2.45, 2.75) is 14.1 Å². The van der Waals surface area contributed by atoms with Crippen molar-refractivity contribution in [3.05, 3.63) is 65.0 Å². The number of thioether (sulfide) groups is 1. The minimum Gasteiger partial charge on any atom is -0.301 e. The smallest absolute Gasteiger partial charge is 0.269 e. The maximum absolute atomic E-state index is 12.6. The van der Waals surface area contributed by atoms with Crippen LogP contribution in [-0.4, -0.2) is 35.0 Å². The van der Waals surface area contributed by atoms with Crippen LogP contribution in [0.2, 0.25) is 0 Å². The van der Waals surface area contributed by atoms with E-state index >= 15 is 0 Å². The van der Waals surface area contributed by atoms with E-state index in [1.165, 1.54) is 11.8 Å². The third kappa shape index (κ3) is 4.71. The predicted octanol–water partition coefficient (Wildman–Crippen LogP) is 3.01. The van der Waals surface area contributed by atoms with Gasteiger partial charge in [0.1, 0.15) is 4.21 Å². The number of pyridine rings is 1. The molecular formula is C16H12N4O5S3. The normalized spacial score (nSPS) is 11.1. The second-order valence-electron chi connectivity index (χ2n) is 5.24. The Hall–Kier alpha value is -2.83. The standard InChI is InChI=1S/C16H12N4O5S3/c21-13(10-26-14-3-1-2-8-17-14)19-16-18-9-15(27-16)28(24,25)12-6-4-11(5-7-12)20(22)23/h1-9H,10H2,(H,18,19,21). The van der Waals surface area contributed by atoms with Crippen LogP contribution in [0.1, 0.15) is 0 Å². The van der Waals surface area contributed by atoms with Crippen molar-refractivity contribution in [1.82, 2.24) is 9.97 Å². The number of nitrogens with zero attached hydrogens (tertiary/aromatic N) is 3. The van der Waals surface area contributed by atoms with Crippen LogP contribution in [0, 0.1) is 10.1 Å². The van der Waals surface area contributed by atoms with Gasteiger partial charge in [-0.2, -0.15) is 0 Å². The molecule has 0 fully saturated rings. The van der Waals surface area contributed by atoms with Crippen molar-refractivity contribution in [3.63, 3.8) is 0 Å². The highest BCUT2D eigenvalue weighted by Gasteiger charge is 2.22. The Morgan fingerprint density at radius 1 is 1.18 bits per heavy atom. The number of benzene rings is 1. The molecule has 1 amide bonds. The molecule has 0 aliphatic rings. The minimum absolute atomic E-state index is 0.0750. The van der Waals surface area contributed by atoms with Gasteiger partial charge >= 0.3 is 0 Å². The molecule has 2 heterocycles. The summed E-state index contributed by atoms with van der Waals surface area (Å²) in [5.41, 5.74) is -0.207. The monoisotopic (exact) mass is 436 g/mol. The van der Waals surface area contributed by atoms with E-state index in [2.05, 4.69) is 15.3 Å². The first kappa shape index (κ1) is 19.9. The molecule has 2 aromatic heterocycles. The highest BCUT2D eigenvalue weighted by Crippen LogP contribution is 2.29. The fourth-order valence-corrected chi connectivity index (χ4v) is 5.14. The Morgan fingerprint density at radius 2 is 1.93 bits per heavy atom. The quantitative estimate of drug-likeness (QED) is 0.339. The molecular weight excluding hydrogens is 424 g/mol. The van der Waals surface area contributed by atoms with Gasteiger partial charge in [0.25, 0.3) is 5.69 Å². The Morgan fingerprint density at radius 3 is 2.57 bits per heavy atom. The zero-order valence-electron chi connectivity index (χ0n) is 14.0. The molecule has 0 bridgehead atoms. The van der Waals surface area contributed by atoms with Crippen LogP contribution in [0.4, 0.5) is 10.8 Å². The van der Waals surface area contributed by atoms with Gasteiger partial charge in [-0.15, -0.1) is 0 Å². The lowest BCUT2D eigenvalue weighted by molar-refractivity contribution is -0.384. The number of amides is 1. The second-order valence-corrected chi connectivity index (χ2v) is 9.45. The zero-order chi connectivity index (χ0) is 20.1. The summed E-state index contributed by atoms with van der Waals surface area (Å²) in [6.45, 7) is 0. The number of hydrogen-bond acceptors (Lipinski definition) is 9. The molecule has 0 saturated carbocycles. The largest absolute Gasteiger partial charge is 0.301 e. The van der Waals surface area contributed by atoms with Crippen molar-refractivity contribution in [2.75, 3.05) is 11.1 Å². The number of nitro groups is 1. The van der Waals surface area contributed by atoms with Crippen molar-refractivity contribution < 1.29 is 18.1 Å². The average molecular weight is 436 g/mol. The fourth-order valence-electron chi connectivity index (χ4n) is 2.03. The molecule has 0 spiro atoms. The molecule has 3 rings (SSSR count). The van der Waals surface area contributed by atoms with E-state index in [9.17, 15) is 23.3 Å². The maximum Gasteiger partial charge on any atom is 0.269 e. The molecule has 0 aliphatic carbocycles. The van der Waals surface area contributed by atoms with Gasteiger partial charge in [0.05, 0.1) is 26.8 Å². The first-order valence-corrected chi connectivity index (χ1v) is 10.9. The van der Waals surface area contributed by atoms with Gasteiger partial charge in [0.2, 0.25) is 15.7 Å². The second kappa shape index (κ2) is 8.46. The maximum atomic E-state index is 12.6. The lowest BCUT2D eigenvalue weighted by Gasteiger charge is -2.02. The fraction of sp³-hybridized carbons (Fsp3) is 0.0625. The van der Waals surface area contributed by atoms with Crippen LogP contribution >= 0.6 is 23.1 Å². The number of nitrogens with one attached hydrogen (secondary N) is 1. The number of carbonyl (C=O) groups excluding carboxylic acids is 1. The van der Waals surface area contributed by atoms with Gasteiger partial charge in [-0.25, -0.2) is 18.4 Å². The SMILES string of the molecule is O=C(CSc1ccccn1)Nc1ncc(S(=O)(=O)c2ccc([N+](=O)[O-])cc2)s1. The number of carbonyl (C=O) groups is 1. The van der Waals surface area contributed by atoms with Crippen LogP contribution in [0.15, 0.2) is 69.0 Å². The lowest BCUT2D eigenvalue weighted by Crippen LogP contribution is -2.13. The molecule has 12 heteroatoms. The number of thiazole rings is 1. The number of non-ortho nitro benzene ring substituents is 1. The summed E-state index contributed by atoms with van der Waals surface area (Å²) in [6.07, 6.45) is 2.76. The summed E-state index contributed by atoms with van der Waals surface area (Å²) in [4.78, 5) is 30.0. The molecule has 1 aromatic carbocycles. The molecule has 28 heavy (non-hydrogen) atoms. The number of aromatic nitrogens is 2. The average Bonchev–Trinajstić information content (AvgIpc) is 3.16. The molecule has 0 atom stereocenters. The van der Waals surface area contributed by atoms with Crippen molar-refractivity contribution in [3.8, 4) is 0 Å². The van der Waals surface area contributed by atoms with Crippen LogP contribution in [0.25, 0.3) is 0 Å². The molecule has 9 nitrogen and oxygen atoms in total. The predicted molar refractivity (Wildman–Crippen MR) is 104 cm³/mol. The number of sulfone groups is 1. The molecule has 3 aromatic rings. The summed E-state index contributed by atoms with van der Waals surface area (Å²) in [5, 5.41) is 14.1. The molecule has 0 saturated heterocycles. The van der Waals surface area contributed by atoms with Gasteiger partial charge in [-0.1, -0.05) is 29.2 Å². The van der Waals surface area contributed by atoms with E-state index in [1.807, 2.05) is 6.07 Å². The molecule has 0 radical (unpaired) electrons. The van der Waals surface area contributed by atoms with Crippen molar-refractivity contribution in [1.29, 1.82) is 0 Å². The van der Waals surface area contributed by atoms with E-state index in [4.69, 9.17) is 0 Å². The lowest BCUT2D eigenvalue weighted by atomic mass is 10.3. The van der Waals surface area contributed by atoms with Gasteiger partial charge in [0, 0.05) is 18.3 Å². The van der Waals surface area contributed by atoms with E-state index < -0.39 is 14.8 Å². The third-order valence-electron chi connectivity index (χ3n) is 3.34. The van der Waals surface area contributed by atoms with E-state index in [0.29, 0.717) is 5.03 Å². The summed E-state index contributed by atoms with van der Waals surface area (Å²) in [5.74, 6) is -0.245. The topological polar surface area (TPSA) is 132 Å². The van der Waals surface area contributed by atoms with Crippen molar-refractivity contribution >= 4 is 49.7 Å². The molecule has 144 valence electrons. The summed E-state index contributed by atoms with van der Waals surface area (Å²) < 4.78 is 25.1. The molecule has 1 N–H and O–H groups in total. The van der Waals surface area contributed by atoms with Gasteiger partial charge < -0.3 is 5.32 Å². The van der Waals surface area contributed by atoms with Crippen LogP contribution in [-0.2, 0) is 14.6 Å². The summed E-state index contributed by atoms with van der Waals surface area (Å²) >= 11 is 2.05. The summed E-state index contributed by atoms with van der Waals surface area (Å²) in [6, 6.07) is 9.91. The number of nitro benzene ring substituents is 1. The van der Waals surface area contributed by atoms with Crippen LogP contribution in [0.5, 0.6) is 0 Å². The first-order chi connectivity index (χ1) is 13.4. The number of hydrogen-bond donors (Lipinski definition) is 1. The van der Waals surface area contributed by atoms with Crippen LogP contribution < -0.4 is 5.32 Å². The Kier molecular flexibility index (Phi) is 6.02. The van der Waals surface area contributed by atoms with E-state index in [0.717, 1.165) is 41.8 Å². The Bertz CT molecular complexity index is 1100. The highest BCUT2D eigenvalue weighted by molar-refractivity contribution is 7.99. The highest BCUT2D eigenvalue weighted by atomic mass is 32.2. The van der Waals surface area contributed by atoms with E-state index in [-0.39, 0.29) is 31.6 Å². The Labute approximate surface area is 167 Å². The Balaban J connectivity index is 1.67. The van der Waals surface area contributed by atoms with Crippen molar-refractivity contribution in [2.24, 2.45) is 0 Å². The zero-order valence-corrected chi connectivity index (χ0v) is 16.5. The first-order valence-electron chi connectivity index (χ1n) is 7.65. The van der Waals surface area contributed by atoms with Gasteiger partial charge in [0.15, 0.2) is 5.13 Å². The number of rotatable bonds is 7.